The van der Waals surface area contributed by atoms with Crippen molar-refractivity contribution in [2.75, 3.05) is 13.6 Å². The summed E-state index contributed by atoms with van der Waals surface area (Å²) in [6.45, 7) is 1.15. The van der Waals surface area contributed by atoms with Gasteiger partial charge in [0.15, 0.2) is 0 Å². The van der Waals surface area contributed by atoms with Gasteiger partial charge in [-0.25, -0.2) is 0 Å². The van der Waals surface area contributed by atoms with E-state index in [-0.39, 0.29) is 12.0 Å². The monoisotopic (exact) mass is 400 g/mol. The Bertz CT molecular complexity index is 1080. The van der Waals surface area contributed by atoms with Gasteiger partial charge in [-0.1, -0.05) is 24.3 Å². The molecule has 30 heavy (non-hydrogen) atoms. The predicted octanol–water partition coefficient (Wildman–Crippen LogP) is 5.33. The number of likely N-dealkylation sites (tertiary alicyclic amines) is 1. The zero-order chi connectivity index (χ0) is 20.5. The average molecular weight is 401 g/mol. The van der Waals surface area contributed by atoms with E-state index < -0.39 is 0 Å². The maximum absolute atomic E-state index is 13.3. The minimum Gasteiger partial charge on any atom is -0.494 e. The highest BCUT2D eigenvalue weighted by molar-refractivity contribution is 6.03. The van der Waals surface area contributed by atoms with Crippen LogP contribution in [0.3, 0.4) is 0 Å². The lowest BCUT2D eigenvalue weighted by Crippen LogP contribution is -2.26. The molecule has 2 aliphatic heterocycles. The number of nitrogens with zero attached hydrogens (tertiary/aromatic N) is 2. The highest BCUT2D eigenvalue weighted by atomic mass is 16.5. The highest BCUT2D eigenvalue weighted by Gasteiger charge is 2.25. The SMILES string of the molecule is CN1CCC[C@@H]1Cc1cn(C(=O)c2ccccc2)c2ccc(C3CCC=CO3)cc12. The number of carbonyl (C=O) groups is 1. The second-order valence-corrected chi connectivity index (χ2v) is 8.53. The molecule has 2 atom stereocenters. The molecule has 1 saturated heterocycles. The number of benzene rings is 2. The Kier molecular flexibility index (Phi) is 5.17. The number of likely N-dealkylation sites (N-methyl/N-ethyl adjacent to an activating group) is 1. The normalized spacial score (nSPS) is 21.8. The van der Waals surface area contributed by atoms with Crippen LogP contribution in [0.2, 0.25) is 0 Å². The minimum atomic E-state index is 0.0243. The summed E-state index contributed by atoms with van der Waals surface area (Å²) in [5, 5.41) is 1.18. The molecule has 0 saturated carbocycles. The van der Waals surface area contributed by atoms with Gasteiger partial charge in [-0.3, -0.25) is 9.36 Å². The molecular formula is C26H28N2O2. The van der Waals surface area contributed by atoms with Crippen LogP contribution >= 0.6 is 0 Å². The summed E-state index contributed by atoms with van der Waals surface area (Å²) in [4.78, 5) is 15.7. The van der Waals surface area contributed by atoms with Gasteiger partial charge in [0.1, 0.15) is 6.10 Å². The summed E-state index contributed by atoms with van der Waals surface area (Å²) in [6.07, 6.45) is 11.5. The number of hydrogen-bond acceptors (Lipinski definition) is 3. The molecule has 2 aliphatic rings. The molecule has 0 spiro atoms. The van der Waals surface area contributed by atoms with E-state index in [0.29, 0.717) is 11.6 Å². The Labute approximate surface area is 177 Å². The number of rotatable bonds is 4. The minimum absolute atomic E-state index is 0.0243. The fourth-order valence-electron chi connectivity index (χ4n) is 4.84. The lowest BCUT2D eigenvalue weighted by Gasteiger charge is -2.20. The van der Waals surface area contributed by atoms with Crippen molar-refractivity contribution in [3.63, 3.8) is 0 Å². The summed E-state index contributed by atoms with van der Waals surface area (Å²) in [6, 6.07) is 16.5. The molecule has 4 nitrogen and oxygen atoms in total. The van der Waals surface area contributed by atoms with E-state index in [1.807, 2.05) is 41.2 Å². The lowest BCUT2D eigenvalue weighted by atomic mass is 9.98. The van der Waals surface area contributed by atoms with Crippen LogP contribution in [0, 0.1) is 0 Å². The van der Waals surface area contributed by atoms with Gasteiger partial charge in [0.25, 0.3) is 5.91 Å². The third kappa shape index (κ3) is 3.56. The van der Waals surface area contributed by atoms with Gasteiger partial charge in [0, 0.05) is 23.2 Å². The van der Waals surface area contributed by atoms with Gasteiger partial charge in [-0.2, -0.15) is 0 Å². The van der Waals surface area contributed by atoms with E-state index in [1.165, 1.54) is 29.4 Å². The van der Waals surface area contributed by atoms with E-state index in [4.69, 9.17) is 4.74 Å². The van der Waals surface area contributed by atoms with Crippen LogP contribution in [-0.4, -0.2) is 35.0 Å². The van der Waals surface area contributed by atoms with E-state index in [9.17, 15) is 4.79 Å². The number of fused-ring (bicyclic) bond motifs is 1. The van der Waals surface area contributed by atoms with Crippen LogP contribution in [0.25, 0.3) is 10.9 Å². The lowest BCUT2D eigenvalue weighted by molar-refractivity contribution is 0.0964. The molecule has 5 rings (SSSR count). The van der Waals surface area contributed by atoms with Crippen molar-refractivity contribution in [3.05, 3.63) is 83.8 Å². The molecule has 1 unspecified atom stereocenters. The van der Waals surface area contributed by atoms with Crippen molar-refractivity contribution >= 4 is 16.8 Å². The summed E-state index contributed by atoms with van der Waals surface area (Å²) in [7, 11) is 2.21. The molecule has 1 fully saturated rings. The fourth-order valence-corrected chi connectivity index (χ4v) is 4.84. The van der Waals surface area contributed by atoms with Gasteiger partial charge >= 0.3 is 0 Å². The molecule has 2 aromatic carbocycles. The quantitative estimate of drug-likeness (QED) is 0.593. The molecule has 0 radical (unpaired) electrons. The number of carbonyl (C=O) groups excluding carboxylic acids is 1. The maximum atomic E-state index is 13.3. The van der Waals surface area contributed by atoms with Crippen molar-refractivity contribution in [1.82, 2.24) is 9.47 Å². The van der Waals surface area contributed by atoms with Crippen LogP contribution in [0.5, 0.6) is 0 Å². The number of aromatic nitrogens is 1. The highest BCUT2D eigenvalue weighted by Crippen LogP contribution is 2.33. The first-order valence-corrected chi connectivity index (χ1v) is 10.9. The first-order valence-electron chi connectivity index (χ1n) is 10.9. The van der Waals surface area contributed by atoms with Gasteiger partial charge < -0.3 is 9.64 Å². The number of ether oxygens (including phenoxy) is 1. The van der Waals surface area contributed by atoms with Gasteiger partial charge in [-0.15, -0.1) is 0 Å². The Morgan fingerprint density at radius 1 is 1.13 bits per heavy atom. The van der Waals surface area contributed by atoms with Crippen molar-refractivity contribution in [2.45, 2.75) is 44.2 Å². The van der Waals surface area contributed by atoms with Crippen LogP contribution in [0.1, 0.15) is 53.3 Å². The Balaban J connectivity index is 1.58. The van der Waals surface area contributed by atoms with Crippen molar-refractivity contribution in [3.8, 4) is 0 Å². The second kappa shape index (κ2) is 8.11. The summed E-state index contributed by atoms with van der Waals surface area (Å²) >= 11 is 0. The van der Waals surface area contributed by atoms with Crippen LogP contribution in [0.15, 0.2) is 67.1 Å². The Hall–Kier alpha value is -2.85. The molecular weight excluding hydrogens is 372 g/mol. The molecule has 3 heterocycles. The molecule has 0 aliphatic carbocycles. The molecule has 154 valence electrons. The standard InChI is InChI=1S/C26H28N2O2/c1-27-14-7-10-22(27)16-21-18-28(26(29)19-8-3-2-4-9-19)24-13-12-20(17-23(21)24)25-11-5-6-15-30-25/h2-4,6,8-9,12-13,15,17-18,22,25H,5,7,10-11,14,16H2,1H3/t22-,25?/m1/s1. The van der Waals surface area contributed by atoms with Gasteiger partial charge in [0.05, 0.1) is 11.8 Å². The summed E-state index contributed by atoms with van der Waals surface area (Å²) in [5.41, 5.74) is 4.14. The zero-order valence-corrected chi connectivity index (χ0v) is 17.5. The van der Waals surface area contributed by atoms with E-state index >= 15 is 0 Å². The first kappa shape index (κ1) is 19.1. The smallest absolute Gasteiger partial charge is 0.262 e. The summed E-state index contributed by atoms with van der Waals surface area (Å²) in [5.74, 6) is 0.0243. The van der Waals surface area contributed by atoms with Crippen molar-refractivity contribution in [1.29, 1.82) is 0 Å². The molecule has 1 aromatic heterocycles. The second-order valence-electron chi connectivity index (χ2n) is 8.53. The number of allylic oxidation sites excluding steroid dienone is 1. The molecule has 0 N–H and O–H groups in total. The topological polar surface area (TPSA) is 34.5 Å². The Morgan fingerprint density at radius 3 is 2.73 bits per heavy atom. The largest absolute Gasteiger partial charge is 0.494 e. The Morgan fingerprint density at radius 2 is 2.00 bits per heavy atom. The fraction of sp³-hybridized carbons (Fsp3) is 0.346. The van der Waals surface area contributed by atoms with Gasteiger partial charge in [0.2, 0.25) is 0 Å². The average Bonchev–Trinajstić information content (AvgIpc) is 3.37. The molecule has 4 heteroatoms. The van der Waals surface area contributed by atoms with Gasteiger partial charge in [-0.05, 0) is 87.2 Å². The van der Waals surface area contributed by atoms with E-state index in [1.54, 1.807) is 0 Å². The van der Waals surface area contributed by atoms with Crippen LogP contribution in [0.4, 0.5) is 0 Å². The summed E-state index contributed by atoms with van der Waals surface area (Å²) < 4.78 is 7.70. The first-order chi connectivity index (χ1) is 14.7. The number of hydrogen-bond donors (Lipinski definition) is 0. The third-order valence-electron chi connectivity index (χ3n) is 6.58. The maximum Gasteiger partial charge on any atom is 0.262 e. The van der Waals surface area contributed by atoms with Crippen molar-refractivity contribution < 1.29 is 9.53 Å². The van der Waals surface area contributed by atoms with E-state index in [2.05, 4.69) is 42.4 Å². The molecule has 0 amide bonds. The zero-order valence-electron chi connectivity index (χ0n) is 17.5. The predicted molar refractivity (Wildman–Crippen MR) is 120 cm³/mol. The van der Waals surface area contributed by atoms with Crippen LogP contribution in [-0.2, 0) is 11.2 Å². The van der Waals surface area contributed by atoms with E-state index in [0.717, 1.165) is 31.3 Å². The van der Waals surface area contributed by atoms with Crippen molar-refractivity contribution in [2.24, 2.45) is 0 Å². The van der Waals surface area contributed by atoms with Crippen LogP contribution < -0.4 is 0 Å². The molecule has 3 aromatic rings. The molecule has 0 bridgehead atoms. The third-order valence-corrected chi connectivity index (χ3v) is 6.58.